The highest BCUT2D eigenvalue weighted by Gasteiger charge is 2.17. The molecule has 1 fully saturated rings. The Morgan fingerprint density at radius 1 is 0.969 bits per heavy atom. The fourth-order valence-electron chi connectivity index (χ4n) is 3.79. The number of rotatable bonds is 7. The highest BCUT2D eigenvalue weighted by molar-refractivity contribution is 5.59. The third-order valence-electron chi connectivity index (χ3n) is 5.44. The molecular weight excluding hydrogens is 404 g/mol. The fourth-order valence-corrected chi connectivity index (χ4v) is 3.79. The molecular formula is C23H26N8O. The lowest BCUT2D eigenvalue weighted by Crippen LogP contribution is -2.37. The van der Waals surface area contributed by atoms with Crippen LogP contribution in [0.25, 0.3) is 17.1 Å². The smallest absolute Gasteiger partial charge is 0.133 e. The first-order valence-electron chi connectivity index (χ1n) is 10.9. The first-order valence-corrected chi connectivity index (χ1v) is 10.9. The zero-order chi connectivity index (χ0) is 21.8. The van der Waals surface area contributed by atoms with Gasteiger partial charge in [0.1, 0.15) is 17.3 Å². The first kappa shape index (κ1) is 20.3. The largest absolute Gasteiger partial charge is 0.378 e. The van der Waals surface area contributed by atoms with Crippen molar-refractivity contribution in [2.45, 2.75) is 26.3 Å². The van der Waals surface area contributed by atoms with E-state index in [0.29, 0.717) is 13.2 Å². The van der Waals surface area contributed by atoms with Gasteiger partial charge in [-0.05, 0) is 37.1 Å². The van der Waals surface area contributed by atoms with Gasteiger partial charge in [-0.2, -0.15) is 20.1 Å². The van der Waals surface area contributed by atoms with Crippen LogP contribution in [0.3, 0.4) is 0 Å². The molecule has 0 unspecified atom stereocenters. The van der Waals surface area contributed by atoms with E-state index in [0.717, 1.165) is 61.2 Å². The normalized spacial score (nSPS) is 14.1. The molecule has 1 aromatic carbocycles. The van der Waals surface area contributed by atoms with Crippen molar-refractivity contribution < 1.29 is 4.74 Å². The van der Waals surface area contributed by atoms with Gasteiger partial charge in [0.25, 0.3) is 0 Å². The third kappa shape index (κ3) is 4.67. The zero-order valence-electron chi connectivity index (χ0n) is 18.1. The standard InChI is InChI=1S/C23H26N8O/c1-18-4-2-5-19(16-18)30-11-7-20(28-30)21-17-23(29-12-14-32-15-13-29)27-22(26-21)6-3-10-31-24-8-9-25-31/h2,4-5,7-9,11,16-17H,3,6,10,12-15H2,1H3. The summed E-state index contributed by atoms with van der Waals surface area (Å²) in [7, 11) is 0. The number of anilines is 1. The van der Waals surface area contributed by atoms with Gasteiger partial charge in [-0.1, -0.05) is 12.1 Å². The lowest BCUT2D eigenvalue weighted by Gasteiger charge is -2.28. The Labute approximate surface area is 186 Å². The lowest BCUT2D eigenvalue weighted by molar-refractivity contribution is 0.122. The zero-order valence-corrected chi connectivity index (χ0v) is 18.1. The fraction of sp³-hybridized carbons (Fsp3) is 0.348. The number of ether oxygens (including phenoxy) is 1. The first-order chi connectivity index (χ1) is 15.7. The maximum atomic E-state index is 5.52. The number of benzene rings is 1. The van der Waals surface area contributed by atoms with Gasteiger partial charge in [-0.3, -0.25) is 0 Å². The highest BCUT2D eigenvalue weighted by atomic mass is 16.5. The van der Waals surface area contributed by atoms with Gasteiger partial charge in [-0.25, -0.2) is 14.6 Å². The number of hydrogen-bond acceptors (Lipinski definition) is 7. The lowest BCUT2D eigenvalue weighted by atomic mass is 10.2. The summed E-state index contributed by atoms with van der Waals surface area (Å²) < 4.78 is 7.41. The molecule has 0 spiro atoms. The van der Waals surface area contributed by atoms with Crippen LogP contribution in [0, 0.1) is 6.92 Å². The molecule has 0 amide bonds. The van der Waals surface area contributed by atoms with Crippen molar-refractivity contribution in [2.24, 2.45) is 0 Å². The van der Waals surface area contributed by atoms with Crippen molar-refractivity contribution in [2.75, 3.05) is 31.2 Å². The molecule has 1 aliphatic rings. The number of morpholine rings is 1. The van der Waals surface area contributed by atoms with Crippen molar-refractivity contribution in [3.05, 3.63) is 66.4 Å². The van der Waals surface area contributed by atoms with E-state index in [-0.39, 0.29) is 0 Å². The molecule has 9 heteroatoms. The van der Waals surface area contributed by atoms with Crippen LogP contribution >= 0.6 is 0 Å². The number of aryl methyl sites for hydroxylation is 3. The molecule has 4 heterocycles. The van der Waals surface area contributed by atoms with E-state index < -0.39 is 0 Å². The Hall–Kier alpha value is -3.59. The van der Waals surface area contributed by atoms with Crippen molar-refractivity contribution in [3.63, 3.8) is 0 Å². The minimum absolute atomic E-state index is 0.710. The van der Waals surface area contributed by atoms with Crippen LogP contribution in [0.2, 0.25) is 0 Å². The second-order valence-electron chi connectivity index (χ2n) is 7.84. The van der Waals surface area contributed by atoms with Crippen LogP contribution in [0.1, 0.15) is 17.8 Å². The molecule has 1 saturated heterocycles. The van der Waals surface area contributed by atoms with Gasteiger partial charge in [-0.15, -0.1) is 0 Å². The number of nitrogens with zero attached hydrogens (tertiary/aromatic N) is 8. The Bertz CT molecular complexity index is 1160. The van der Waals surface area contributed by atoms with Crippen LogP contribution in [0.4, 0.5) is 5.82 Å². The van der Waals surface area contributed by atoms with E-state index in [1.54, 1.807) is 17.2 Å². The van der Waals surface area contributed by atoms with Gasteiger partial charge in [0, 0.05) is 31.8 Å². The summed E-state index contributed by atoms with van der Waals surface area (Å²) in [5.41, 5.74) is 3.90. The van der Waals surface area contributed by atoms with E-state index >= 15 is 0 Å². The van der Waals surface area contributed by atoms with E-state index in [4.69, 9.17) is 19.8 Å². The molecule has 0 atom stereocenters. The highest BCUT2D eigenvalue weighted by Crippen LogP contribution is 2.23. The molecule has 4 aromatic rings. The molecule has 5 rings (SSSR count). The van der Waals surface area contributed by atoms with Crippen LogP contribution in [0.15, 0.2) is 55.0 Å². The average Bonchev–Trinajstić information content (AvgIpc) is 3.52. The van der Waals surface area contributed by atoms with Crippen LogP contribution in [0.5, 0.6) is 0 Å². The molecule has 164 valence electrons. The summed E-state index contributed by atoms with van der Waals surface area (Å²) in [6, 6.07) is 12.3. The minimum atomic E-state index is 0.710. The molecule has 0 saturated carbocycles. The molecule has 0 radical (unpaired) electrons. The van der Waals surface area contributed by atoms with E-state index in [1.807, 2.05) is 29.1 Å². The second kappa shape index (κ2) is 9.27. The average molecular weight is 431 g/mol. The van der Waals surface area contributed by atoms with Crippen molar-refractivity contribution in [3.8, 4) is 17.1 Å². The van der Waals surface area contributed by atoms with Crippen LogP contribution < -0.4 is 4.90 Å². The minimum Gasteiger partial charge on any atom is -0.378 e. The van der Waals surface area contributed by atoms with E-state index in [9.17, 15) is 0 Å². The van der Waals surface area contributed by atoms with Gasteiger partial charge in [0.15, 0.2) is 0 Å². The Kier molecular flexibility index (Phi) is 5.89. The summed E-state index contributed by atoms with van der Waals surface area (Å²) in [5.74, 6) is 1.73. The SMILES string of the molecule is Cc1cccc(-n2ccc(-c3cc(N4CCOCC4)nc(CCCn4nccn4)n3)n2)c1. The van der Waals surface area contributed by atoms with Crippen molar-refractivity contribution in [1.29, 1.82) is 0 Å². The predicted octanol–water partition coefficient (Wildman–Crippen LogP) is 2.70. The van der Waals surface area contributed by atoms with E-state index in [2.05, 4.69) is 40.2 Å². The quantitative estimate of drug-likeness (QED) is 0.445. The predicted molar refractivity (Wildman–Crippen MR) is 121 cm³/mol. The van der Waals surface area contributed by atoms with Crippen molar-refractivity contribution >= 4 is 5.82 Å². The summed E-state index contributed by atoms with van der Waals surface area (Å²) >= 11 is 0. The molecule has 3 aromatic heterocycles. The Morgan fingerprint density at radius 2 is 1.81 bits per heavy atom. The maximum Gasteiger partial charge on any atom is 0.133 e. The molecule has 0 N–H and O–H groups in total. The topological polar surface area (TPSA) is 86.8 Å². The van der Waals surface area contributed by atoms with Gasteiger partial charge < -0.3 is 9.64 Å². The molecule has 0 bridgehead atoms. The van der Waals surface area contributed by atoms with Gasteiger partial charge in [0.2, 0.25) is 0 Å². The molecule has 1 aliphatic heterocycles. The maximum absolute atomic E-state index is 5.52. The monoisotopic (exact) mass is 430 g/mol. The summed E-state index contributed by atoms with van der Waals surface area (Å²) in [6.45, 7) is 5.88. The van der Waals surface area contributed by atoms with E-state index in [1.165, 1.54) is 5.56 Å². The molecule has 32 heavy (non-hydrogen) atoms. The molecule has 9 nitrogen and oxygen atoms in total. The van der Waals surface area contributed by atoms with Crippen LogP contribution in [-0.4, -0.2) is 61.0 Å². The third-order valence-corrected chi connectivity index (χ3v) is 5.44. The summed E-state index contributed by atoms with van der Waals surface area (Å²) in [5, 5.41) is 13.1. The summed E-state index contributed by atoms with van der Waals surface area (Å²) in [6.07, 6.45) is 6.96. The van der Waals surface area contributed by atoms with Gasteiger partial charge >= 0.3 is 0 Å². The number of aromatic nitrogens is 7. The van der Waals surface area contributed by atoms with Crippen LogP contribution in [-0.2, 0) is 17.7 Å². The molecule has 0 aliphatic carbocycles. The Balaban J connectivity index is 1.42. The Morgan fingerprint density at radius 3 is 2.62 bits per heavy atom. The van der Waals surface area contributed by atoms with Crippen molar-refractivity contribution in [1.82, 2.24) is 34.7 Å². The summed E-state index contributed by atoms with van der Waals surface area (Å²) in [4.78, 5) is 13.6. The van der Waals surface area contributed by atoms with Gasteiger partial charge in [0.05, 0.1) is 43.5 Å². The second-order valence-corrected chi connectivity index (χ2v) is 7.84. The number of hydrogen-bond donors (Lipinski definition) is 0.